The highest BCUT2D eigenvalue weighted by Crippen LogP contribution is 2.53. The van der Waals surface area contributed by atoms with Crippen LogP contribution in [0.15, 0.2) is 12.3 Å². The van der Waals surface area contributed by atoms with Crippen LogP contribution in [0.2, 0.25) is 0 Å². The average molecular weight is 150 g/mol. The smallest absolute Gasteiger partial charge is 0.137 e. The van der Waals surface area contributed by atoms with Crippen LogP contribution in [-0.4, -0.2) is 11.9 Å². The molecule has 2 fully saturated rings. The normalized spacial score (nSPS) is 51.5. The summed E-state index contributed by atoms with van der Waals surface area (Å²) in [5.41, 5.74) is 0. The fourth-order valence-electron chi connectivity index (χ4n) is 2.75. The van der Waals surface area contributed by atoms with Crippen molar-refractivity contribution in [1.82, 2.24) is 0 Å². The van der Waals surface area contributed by atoms with E-state index in [1.165, 1.54) is 0 Å². The Morgan fingerprint density at radius 1 is 1.55 bits per heavy atom. The highest BCUT2D eigenvalue weighted by atomic mass is 16.5. The van der Waals surface area contributed by atoms with Crippen LogP contribution in [-0.2, 0) is 9.53 Å². The van der Waals surface area contributed by atoms with Crippen LogP contribution in [0, 0.1) is 17.8 Å². The minimum Gasteiger partial charge on any atom is -0.497 e. The van der Waals surface area contributed by atoms with Crippen LogP contribution in [0.25, 0.3) is 0 Å². The molecule has 1 aliphatic heterocycles. The summed E-state index contributed by atoms with van der Waals surface area (Å²) in [6.07, 6.45) is 6.04. The number of ether oxygens (including phenoxy) is 1. The Morgan fingerprint density at radius 3 is 3.36 bits per heavy atom. The predicted molar refractivity (Wildman–Crippen MR) is 38.7 cm³/mol. The molecule has 0 amide bonds. The first-order valence-corrected chi connectivity index (χ1v) is 4.23. The lowest BCUT2D eigenvalue weighted by Crippen LogP contribution is -2.48. The van der Waals surface area contributed by atoms with E-state index in [-0.39, 0.29) is 0 Å². The first-order valence-electron chi connectivity index (χ1n) is 4.23. The van der Waals surface area contributed by atoms with Crippen molar-refractivity contribution >= 4 is 5.78 Å². The van der Waals surface area contributed by atoms with Gasteiger partial charge >= 0.3 is 0 Å². The maximum absolute atomic E-state index is 11.3. The molecule has 4 atom stereocenters. The summed E-state index contributed by atoms with van der Waals surface area (Å²) >= 11 is 0. The Labute approximate surface area is 65.2 Å². The van der Waals surface area contributed by atoms with E-state index in [2.05, 4.69) is 6.08 Å². The zero-order chi connectivity index (χ0) is 7.42. The Bertz CT molecular complexity index is 244. The summed E-state index contributed by atoms with van der Waals surface area (Å²) in [4.78, 5) is 11.3. The standard InChI is InChI=1S/C9H10O2/c10-7-2-1-5-8(7)6-3-4-11-9(5)6/h3-6,8-9H,1-2H2. The van der Waals surface area contributed by atoms with Gasteiger partial charge in [0.15, 0.2) is 0 Å². The van der Waals surface area contributed by atoms with Crippen LogP contribution >= 0.6 is 0 Å². The highest BCUT2D eigenvalue weighted by Gasteiger charge is 2.58. The van der Waals surface area contributed by atoms with Gasteiger partial charge in [0.2, 0.25) is 0 Å². The van der Waals surface area contributed by atoms with Crippen molar-refractivity contribution in [1.29, 1.82) is 0 Å². The van der Waals surface area contributed by atoms with Crippen LogP contribution in [0.3, 0.4) is 0 Å². The van der Waals surface area contributed by atoms with Crippen molar-refractivity contribution in [2.45, 2.75) is 18.9 Å². The number of ketones is 1. The molecule has 0 saturated heterocycles. The van der Waals surface area contributed by atoms with Gasteiger partial charge in [-0.25, -0.2) is 0 Å². The van der Waals surface area contributed by atoms with Crippen LogP contribution in [0.4, 0.5) is 0 Å². The number of carbonyl (C=O) groups excluding carboxylic acids is 1. The minimum absolute atomic E-state index is 0.332. The van der Waals surface area contributed by atoms with Crippen molar-refractivity contribution in [3.05, 3.63) is 12.3 Å². The maximum atomic E-state index is 11.3. The molecule has 0 aromatic heterocycles. The molecular weight excluding hydrogens is 140 g/mol. The number of fused-ring (bicyclic) bond motifs is 4. The first-order chi connectivity index (χ1) is 5.38. The summed E-state index contributed by atoms with van der Waals surface area (Å²) in [7, 11) is 0. The largest absolute Gasteiger partial charge is 0.497 e. The number of Topliss-reactive ketones (excluding diaryl/α,β-unsaturated/α-hetero) is 1. The Morgan fingerprint density at radius 2 is 2.45 bits per heavy atom. The van der Waals surface area contributed by atoms with E-state index in [1.54, 1.807) is 6.26 Å². The molecular formula is C9H10O2. The molecule has 0 N–H and O–H groups in total. The number of carbonyl (C=O) groups is 1. The minimum atomic E-state index is 0.332. The van der Waals surface area contributed by atoms with Gasteiger partial charge in [-0.05, 0) is 12.5 Å². The van der Waals surface area contributed by atoms with E-state index in [1.807, 2.05) is 0 Å². The van der Waals surface area contributed by atoms with Crippen LogP contribution in [0.5, 0.6) is 0 Å². The van der Waals surface area contributed by atoms with Gasteiger partial charge in [-0.3, -0.25) is 4.79 Å². The molecule has 2 saturated carbocycles. The van der Waals surface area contributed by atoms with Crippen molar-refractivity contribution in [2.24, 2.45) is 17.8 Å². The SMILES string of the molecule is O=C1CCC2C3OC=CC3C12. The third-order valence-electron chi connectivity index (χ3n) is 3.31. The van der Waals surface area contributed by atoms with E-state index in [9.17, 15) is 4.79 Å². The van der Waals surface area contributed by atoms with Crippen molar-refractivity contribution in [3.63, 3.8) is 0 Å². The fraction of sp³-hybridized carbons (Fsp3) is 0.667. The molecule has 3 rings (SSSR count). The van der Waals surface area contributed by atoms with Gasteiger partial charge in [0.05, 0.1) is 6.26 Å². The lowest BCUT2D eigenvalue weighted by molar-refractivity contribution is -0.131. The Kier molecular flexibility index (Phi) is 0.888. The summed E-state index contributed by atoms with van der Waals surface area (Å²) in [6.45, 7) is 0. The fourth-order valence-corrected chi connectivity index (χ4v) is 2.75. The van der Waals surface area contributed by atoms with Gasteiger partial charge in [0, 0.05) is 24.2 Å². The zero-order valence-electron chi connectivity index (χ0n) is 6.19. The first kappa shape index (κ1) is 5.81. The average Bonchev–Trinajstić information content (AvgIpc) is 2.43. The second kappa shape index (κ2) is 1.68. The summed E-state index contributed by atoms with van der Waals surface area (Å²) in [6, 6.07) is 0. The number of hydrogen-bond acceptors (Lipinski definition) is 2. The van der Waals surface area contributed by atoms with E-state index in [0.717, 1.165) is 12.8 Å². The molecule has 4 unspecified atom stereocenters. The Balaban J connectivity index is 1.93. The molecule has 3 aliphatic rings. The predicted octanol–water partition coefficient (Wildman–Crippen LogP) is 1.12. The van der Waals surface area contributed by atoms with Crippen molar-refractivity contribution < 1.29 is 9.53 Å². The molecule has 2 nitrogen and oxygen atoms in total. The lowest BCUT2D eigenvalue weighted by Gasteiger charge is -2.41. The monoisotopic (exact) mass is 150 g/mol. The number of rotatable bonds is 0. The highest BCUT2D eigenvalue weighted by molar-refractivity contribution is 5.85. The van der Waals surface area contributed by atoms with E-state index in [0.29, 0.717) is 29.6 Å². The second-order valence-corrected chi connectivity index (χ2v) is 3.70. The van der Waals surface area contributed by atoms with Crippen molar-refractivity contribution in [3.8, 4) is 0 Å². The van der Waals surface area contributed by atoms with Gasteiger partial charge < -0.3 is 4.74 Å². The van der Waals surface area contributed by atoms with Crippen LogP contribution < -0.4 is 0 Å². The molecule has 0 radical (unpaired) electrons. The van der Waals surface area contributed by atoms with Crippen LogP contribution in [0.1, 0.15) is 12.8 Å². The third-order valence-corrected chi connectivity index (χ3v) is 3.31. The van der Waals surface area contributed by atoms with Gasteiger partial charge in [-0.15, -0.1) is 0 Å². The molecule has 11 heavy (non-hydrogen) atoms. The van der Waals surface area contributed by atoms with Gasteiger partial charge in [-0.2, -0.15) is 0 Å². The summed E-state index contributed by atoms with van der Waals surface area (Å²) in [5.74, 6) is 1.79. The molecule has 2 heteroatoms. The molecule has 0 spiro atoms. The number of hydrogen-bond donors (Lipinski definition) is 0. The molecule has 1 heterocycles. The maximum Gasteiger partial charge on any atom is 0.137 e. The molecule has 0 bridgehead atoms. The third kappa shape index (κ3) is 0.525. The molecule has 0 aromatic rings. The van der Waals surface area contributed by atoms with Gasteiger partial charge in [-0.1, -0.05) is 0 Å². The summed E-state index contributed by atoms with van der Waals surface area (Å²) in [5, 5.41) is 0. The van der Waals surface area contributed by atoms with Crippen molar-refractivity contribution in [2.75, 3.05) is 0 Å². The van der Waals surface area contributed by atoms with Gasteiger partial charge in [0.25, 0.3) is 0 Å². The van der Waals surface area contributed by atoms with E-state index >= 15 is 0 Å². The zero-order valence-corrected chi connectivity index (χ0v) is 6.19. The topological polar surface area (TPSA) is 26.3 Å². The molecule has 58 valence electrons. The lowest BCUT2D eigenvalue weighted by atomic mass is 9.64. The molecule has 2 aliphatic carbocycles. The second-order valence-electron chi connectivity index (χ2n) is 3.70. The quantitative estimate of drug-likeness (QED) is 0.517. The van der Waals surface area contributed by atoms with E-state index in [4.69, 9.17) is 4.74 Å². The summed E-state index contributed by atoms with van der Waals surface area (Å²) < 4.78 is 5.38. The molecule has 0 aromatic carbocycles. The Hall–Kier alpha value is -0.790. The van der Waals surface area contributed by atoms with E-state index < -0.39 is 0 Å². The van der Waals surface area contributed by atoms with Gasteiger partial charge in [0.1, 0.15) is 11.9 Å².